The molecule has 0 spiro atoms. The Hall–Kier alpha value is -2.14. The molecule has 0 N–H and O–H groups in total. The summed E-state index contributed by atoms with van der Waals surface area (Å²) in [5.74, 6) is 0. The first-order valence-corrected chi connectivity index (χ1v) is 7.56. The Morgan fingerprint density at radius 2 is 1.55 bits per heavy atom. The van der Waals surface area contributed by atoms with Crippen molar-refractivity contribution in [1.29, 1.82) is 0 Å². The number of hydrogen-bond donors (Lipinski definition) is 0. The SMILES string of the molecule is CN(C)c1ccc(C=NS(=O)(=O)c2ccccc2)cc1. The summed E-state index contributed by atoms with van der Waals surface area (Å²) in [6.45, 7) is 0. The average Bonchev–Trinajstić information content (AvgIpc) is 2.46. The fraction of sp³-hybridized carbons (Fsp3) is 0.133. The van der Waals surface area contributed by atoms with Crippen LogP contribution in [0.1, 0.15) is 5.56 Å². The molecule has 0 aliphatic heterocycles. The Balaban J connectivity index is 2.21. The Kier molecular flexibility index (Phi) is 4.20. The molecule has 0 heterocycles. The maximum absolute atomic E-state index is 12.0. The van der Waals surface area contributed by atoms with Gasteiger partial charge in [0.05, 0.1) is 4.90 Å². The van der Waals surface area contributed by atoms with Crippen LogP contribution in [0.5, 0.6) is 0 Å². The molecular formula is C15H16N2O2S. The van der Waals surface area contributed by atoms with Crippen molar-refractivity contribution in [2.24, 2.45) is 4.40 Å². The molecule has 2 aromatic rings. The highest BCUT2D eigenvalue weighted by atomic mass is 32.2. The number of rotatable bonds is 4. The van der Waals surface area contributed by atoms with Crippen molar-refractivity contribution >= 4 is 21.9 Å². The Bertz CT molecular complexity index is 690. The monoisotopic (exact) mass is 288 g/mol. The highest BCUT2D eigenvalue weighted by molar-refractivity contribution is 7.90. The summed E-state index contributed by atoms with van der Waals surface area (Å²) >= 11 is 0. The van der Waals surface area contributed by atoms with Crippen LogP contribution in [0.2, 0.25) is 0 Å². The summed E-state index contributed by atoms with van der Waals surface area (Å²) in [6, 6.07) is 15.7. The van der Waals surface area contributed by atoms with Gasteiger partial charge >= 0.3 is 0 Å². The van der Waals surface area contributed by atoms with Crippen LogP contribution in [0.3, 0.4) is 0 Å². The van der Waals surface area contributed by atoms with Crippen molar-refractivity contribution in [2.45, 2.75) is 4.90 Å². The van der Waals surface area contributed by atoms with E-state index in [0.29, 0.717) is 0 Å². The molecule has 0 aliphatic carbocycles. The van der Waals surface area contributed by atoms with Crippen molar-refractivity contribution in [3.8, 4) is 0 Å². The molecule has 5 heteroatoms. The fourth-order valence-corrected chi connectivity index (χ4v) is 2.53. The van der Waals surface area contributed by atoms with Gasteiger partial charge in [0.2, 0.25) is 0 Å². The van der Waals surface area contributed by atoms with Crippen LogP contribution in [0.25, 0.3) is 0 Å². The van der Waals surface area contributed by atoms with Crippen LogP contribution in [0.4, 0.5) is 5.69 Å². The molecule has 0 radical (unpaired) electrons. The highest BCUT2D eigenvalue weighted by Crippen LogP contribution is 2.13. The van der Waals surface area contributed by atoms with Crippen molar-refractivity contribution in [1.82, 2.24) is 0 Å². The lowest BCUT2D eigenvalue weighted by atomic mass is 10.2. The van der Waals surface area contributed by atoms with Crippen LogP contribution in [-0.4, -0.2) is 28.7 Å². The van der Waals surface area contributed by atoms with Gasteiger partial charge in [0.25, 0.3) is 10.0 Å². The van der Waals surface area contributed by atoms with Crippen molar-refractivity contribution < 1.29 is 8.42 Å². The maximum Gasteiger partial charge on any atom is 0.282 e. The van der Waals surface area contributed by atoms with Gasteiger partial charge < -0.3 is 4.90 Å². The van der Waals surface area contributed by atoms with Gasteiger partial charge in [-0.3, -0.25) is 0 Å². The quantitative estimate of drug-likeness (QED) is 0.812. The van der Waals surface area contributed by atoms with E-state index in [1.807, 2.05) is 43.3 Å². The van der Waals surface area contributed by atoms with Gasteiger partial charge in [0, 0.05) is 26.0 Å². The zero-order valence-corrected chi connectivity index (χ0v) is 12.2. The summed E-state index contributed by atoms with van der Waals surface area (Å²) < 4.78 is 27.7. The number of hydrogen-bond acceptors (Lipinski definition) is 3. The number of anilines is 1. The molecule has 0 fully saturated rings. The third-order valence-corrected chi connectivity index (χ3v) is 4.04. The van der Waals surface area contributed by atoms with Gasteiger partial charge in [-0.05, 0) is 29.8 Å². The zero-order chi connectivity index (χ0) is 14.6. The predicted octanol–water partition coefficient (Wildman–Crippen LogP) is 2.56. The van der Waals surface area contributed by atoms with Gasteiger partial charge in [0.15, 0.2) is 0 Å². The lowest BCUT2D eigenvalue weighted by Crippen LogP contribution is -2.08. The van der Waals surface area contributed by atoms with Gasteiger partial charge in [-0.1, -0.05) is 30.3 Å². The van der Waals surface area contributed by atoms with Crippen molar-refractivity contribution in [3.05, 3.63) is 60.2 Å². The minimum Gasteiger partial charge on any atom is -0.378 e. The molecule has 4 nitrogen and oxygen atoms in total. The third kappa shape index (κ3) is 3.45. The van der Waals surface area contributed by atoms with Gasteiger partial charge in [-0.25, -0.2) is 0 Å². The van der Waals surface area contributed by atoms with E-state index in [4.69, 9.17) is 0 Å². The molecule has 0 unspecified atom stereocenters. The van der Waals surface area contributed by atoms with Crippen LogP contribution in [0.15, 0.2) is 63.9 Å². The van der Waals surface area contributed by atoms with Crippen LogP contribution >= 0.6 is 0 Å². The zero-order valence-electron chi connectivity index (χ0n) is 11.4. The van der Waals surface area contributed by atoms with Crippen LogP contribution in [-0.2, 0) is 10.0 Å². The van der Waals surface area contributed by atoms with Crippen LogP contribution < -0.4 is 4.90 Å². The molecule has 20 heavy (non-hydrogen) atoms. The van der Waals surface area contributed by atoms with Crippen LogP contribution in [0, 0.1) is 0 Å². The molecule has 0 saturated carbocycles. The average molecular weight is 288 g/mol. The van der Waals surface area contributed by atoms with E-state index in [1.165, 1.54) is 18.3 Å². The molecule has 2 aromatic carbocycles. The van der Waals surface area contributed by atoms with E-state index in [2.05, 4.69) is 4.40 Å². The summed E-state index contributed by atoms with van der Waals surface area (Å²) in [4.78, 5) is 2.17. The molecule has 0 atom stereocenters. The maximum atomic E-state index is 12.0. The second-order valence-corrected chi connectivity index (χ2v) is 6.14. The van der Waals surface area contributed by atoms with Gasteiger partial charge in [0.1, 0.15) is 0 Å². The van der Waals surface area contributed by atoms with Gasteiger partial charge in [-0.2, -0.15) is 12.8 Å². The molecule has 0 aromatic heterocycles. The minimum absolute atomic E-state index is 0.196. The first-order chi connectivity index (χ1) is 9.49. The topological polar surface area (TPSA) is 49.7 Å². The largest absolute Gasteiger partial charge is 0.378 e. The molecular weight excluding hydrogens is 272 g/mol. The fourth-order valence-electron chi connectivity index (χ4n) is 1.64. The van der Waals surface area contributed by atoms with Crippen molar-refractivity contribution in [2.75, 3.05) is 19.0 Å². The predicted molar refractivity (Wildman–Crippen MR) is 82.0 cm³/mol. The Morgan fingerprint density at radius 1 is 0.950 bits per heavy atom. The normalized spacial score (nSPS) is 11.7. The lowest BCUT2D eigenvalue weighted by molar-refractivity contribution is 0.598. The number of nitrogens with zero attached hydrogens (tertiary/aromatic N) is 2. The highest BCUT2D eigenvalue weighted by Gasteiger charge is 2.10. The number of sulfonamides is 1. The third-order valence-electron chi connectivity index (χ3n) is 2.79. The smallest absolute Gasteiger partial charge is 0.282 e. The van der Waals surface area contributed by atoms with E-state index in [1.54, 1.807) is 18.2 Å². The van der Waals surface area contributed by atoms with E-state index in [9.17, 15) is 8.42 Å². The minimum atomic E-state index is -3.63. The molecule has 104 valence electrons. The van der Waals surface area contributed by atoms with Gasteiger partial charge in [-0.15, -0.1) is 0 Å². The van der Waals surface area contributed by atoms with E-state index in [0.717, 1.165) is 11.3 Å². The first kappa shape index (κ1) is 14.3. The summed E-state index contributed by atoms with van der Waals surface area (Å²) in [7, 11) is 0.269. The molecule has 0 amide bonds. The van der Waals surface area contributed by atoms with Crippen molar-refractivity contribution in [3.63, 3.8) is 0 Å². The molecule has 0 bridgehead atoms. The summed E-state index contributed by atoms with van der Waals surface area (Å²) in [5, 5.41) is 0. The Morgan fingerprint density at radius 3 is 2.10 bits per heavy atom. The summed E-state index contributed by atoms with van der Waals surface area (Å²) in [6.07, 6.45) is 1.36. The van der Waals surface area contributed by atoms with E-state index in [-0.39, 0.29) is 4.90 Å². The lowest BCUT2D eigenvalue weighted by Gasteiger charge is -2.11. The molecule has 0 aliphatic rings. The number of benzene rings is 2. The Labute approximate surface area is 119 Å². The molecule has 0 saturated heterocycles. The standard InChI is InChI=1S/C15H16N2O2S/c1-17(2)14-10-8-13(9-11-14)12-16-20(18,19)15-6-4-3-5-7-15/h3-12H,1-2H3. The van der Waals surface area contributed by atoms with E-state index < -0.39 is 10.0 Å². The first-order valence-electron chi connectivity index (χ1n) is 6.12. The second kappa shape index (κ2) is 5.88. The molecule has 2 rings (SSSR count). The van der Waals surface area contributed by atoms with E-state index >= 15 is 0 Å². The second-order valence-electron chi connectivity index (χ2n) is 4.51. The summed E-state index contributed by atoms with van der Waals surface area (Å²) in [5.41, 5.74) is 1.79.